The topological polar surface area (TPSA) is 42.0 Å². The Morgan fingerprint density at radius 2 is 1.64 bits per heavy atom. The minimum Gasteiger partial charge on any atom is -0.298 e. The number of nitrogens with zero attached hydrogens (tertiary/aromatic N) is 1. The van der Waals surface area contributed by atoms with Crippen LogP contribution in [0.25, 0.3) is 21.3 Å². The van der Waals surface area contributed by atoms with Crippen LogP contribution in [0.4, 0.5) is 5.13 Å². The number of fused-ring (bicyclic) bond motifs is 1. The van der Waals surface area contributed by atoms with Gasteiger partial charge in [0.05, 0.1) is 10.2 Å². The Morgan fingerprint density at radius 3 is 2.32 bits per heavy atom. The van der Waals surface area contributed by atoms with Gasteiger partial charge in [-0.15, -0.1) is 0 Å². The highest BCUT2D eigenvalue weighted by molar-refractivity contribution is 7.22. The fourth-order valence-electron chi connectivity index (χ4n) is 3.22. The lowest BCUT2D eigenvalue weighted by atomic mass is 10.0. The summed E-state index contributed by atoms with van der Waals surface area (Å²) in [6, 6.07) is 22.4. The number of rotatable bonds is 5. The summed E-state index contributed by atoms with van der Waals surface area (Å²) in [5.41, 5.74) is 6.35. The summed E-state index contributed by atoms with van der Waals surface area (Å²) in [7, 11) is 0. The van der Waals surface area contributed by atoms with E-state index in [1.54, 1.807) is 0 Å². The maximum absolute atomic E-state index is 12.6. The molecule has 4 heteroatoms. The van der Waals surface area contributed by atoms with Gasteiger partial charge in [-0.05, 0) is 59.9 Å². The molecular formula is C24H22N2OS. The molecule has 28 heavy (non-hydrogen) atoms. The van der Waals surface area contributed by atoms with Crippen LogP contribution >= 0.6 is 11.3 Å². The molecule has 0 bridgehead atoms. The second-order valence-corrected chi connectivity index (χ2v) is 8.00. The summed E-state index contributed by atoms with van der Waals surface area (Å²) in [6.45, 7) is 4.24. The SMILES string of the molecule is CCCc1ccc(-c2ccc(C(=O)Nc3nc4ccc(C)cc4s3)cc2)cc1. The Hall–Kier alpha value is -2.98. The minimum absolute atomic E-state index is 0.138. The predicted molar refractivity (Wildman–Crippen MR) is 118 cm³/mol. The third-order valence-electron chi connectivity index (χ3n) is 4.74. The van der Waals surface area contributed by atoms with Crippen molar-refractivity contribution in [3.05, 3.63) is 83.4 Å². The van der Waals surface area contributed by atoms with Gasteiger partial charge in [0, 0.05) is 5.56 Å². The number of hydrogen-bond donors (Lipinski definition) is 1. The molecule has 0 saturated carbocycles. The third kappa shape index (κ3) is 3.97. The molecule has 0 aliphatic carbocycles. The van der Waals surface area contributed by atoms with E-state index < -0.39 is 0 Å². The first-order valence-corrected chi connectivity index (χ1v) is 10.3. The second-order valence-electron chi connectivity index (χ2n) is 6.97. The Kier molecular flexibility index (Phi) is 5.22. The minimum atomic E-state index is -0.138. The van der Waals surface area contributed by atoms with Gasteiger partial charge in [-0.2, -0.15) is 0 Å². The smallest absolute Gasteiger partial charge is 0.257 e. The summed E-state index contributed by atoms with van der Waals surface area (Å²) in [4.78, 5) is 17.1. The highest BCUT2D eigenvalue weighted by atomic mass is 32.1. The van der Waals surface area contributed by atoms with Gasteiger partial charge in [-0.25, -0.2) is 4.98 Å². The van der Waals surface area contributed by atoms with Crippen molar-refractivity contribution in [1.82, 2.24) is 4.98 Å². The number of thiazole rings is 1. The number of aromatic nitrogens is 1. The van der Waals surface area contributed by atoms with Crippen molar-refractivity contribution in [2.45, 2.75) is 26.7 Å². The number of aryl methyl sites for hydroxylation is 2. The summed E-state index contributed by atoms with van der Waals surface area (Å²) in [5, 5.41) is 3.54. The number of benzene rings is 3. The molecule has 0 spiro atoms. The summed E-state index contributed by atoms with van der Waals surface area (Å²) < 4.78 is 1.08. The number of carbonyl (C=O) groups is 1. The van der Waals surface area contributed by atoms with E-state index in [0.29, 0.717) is 10.7 Å². The van der Waals surface area contributed by atoms with Crippen LogP contribution in [0, 0.1) is 6.92 Å². The van der Waals surface area contributed by atoms with E-state index in [4.69, 9.17) is 0 Å². The van der Waals surface area contributed by atoms with Crippen LogP contribution in [0.3, 0.4) is 0 Å². The van der Waals surface area contributed by atoms with Crippen LogP contribution in [0.5, 0.6) is 0 Å². The van der Waals surface area contributed by atoms with Gasteiger partial charge in [0.1, 0.15) is 0 Å². The lowest BCUT2D eigenvalue weighted by Crippen LogP contribution is -2.11. The van der Waals surface area contributed by atoms with Crippen LogP contribution in [0.15, 0.2) is 66.7 Å². The molecular weight excluding hydrogens is 364 g/mol. The highest BCUT2D eigenvalue weighted by Crippen LogP contribution is 2.27. The predicted octanol–water partition coefficient (Wildman–Crippen LogP) is 6.48. The fraction of sp³-hybridized carbons (Fsp3) is 0.167. The summed E-state index contributed by atoms with van der Waals surface area (Å²) >= 11 is 1.50. The number of carbonyl (C=O) groups excluding carboxylic acids is 1. The van der Waals surface area contributed by atoms with Crippen molar-refractivity contribution in [2.24, 2.45) is 0 Å². The molecule has 1 heterocycles. The molecule has 0 aliphatic rings. The van der Waals surface area contributed by atoms with Crippen LogP contribution < -0.4 is 5.32 Å². The lowest BCUT2D eigenvalue weighted by Gasteiger charge is -2.06. The van der Waals surface area contributed by atoms with Crippen LogP contribution in [0.2, 0.25) is 0 Å². The van der Waals surface area contributed by atoms with E-state index in [9.17, 15) is 4.79 Å². The van der Waals surface area contributed by atoms with Gasteiger partial charge >= 0.3 is 0 Å². The molecule has 0 saturated heterocycles. The van der Waals surface area contributed by atoms with E-state index in [1.807, 2.05) is 36.4 Å². The molecule has 0 fully saturated rings. The van der Waals surface area contributed by atoms with Crippen LogP contribution in [0.1, 0.15) is 34.8 Å². The van der Waals surface area contributed by atoms with Gasteiger partial charge in [0.15, 0.2) is 5.13 Å². The molecule has 0 unspecified atom stereocenters. The van der Waals surface area contributed by atoms with Gasteiger partial charge in [-0.1, -0.05) is 67.1 Å². The standard InChI is InChI=1S/C24H22N2OS/c1-3-4-17-6-8-18(9-7-17)19-10-12-20(13-11-19)23(27)26-24-25-21-14-5-16(2)15-22(21)28-24/h5-15H,3-4H2,1-2H3,(H,25,26,27). The number of hydrogen-bond acceptors (Lipinski definition) is 3. The quantitative estimate of drug-likeness (QED) is 0.427. The molecule has 140 valence electrons. The average Bonchev–Trinajstić information content (AvgIpc) is 3.10. The molecule has 1 aromatic heterocycles. The molecule has 4 aromatic rings. The summed E-state index contributed by atoms with van der Waals surface area (Å²) in [5.74, 6) is -0.138. The number of anilines is 1. The largest absolute Gasteiger partial charge is 0.298 e. The highest BCUT2D eigenvalue weighted by Gasteiger charge is 2.10. The van der Waals surface area contributed by atoms with E-state index >= 15 is 0 Å². The van der Waals surface area contributed by atoms with Crippen molar-refractivity contribution in [3.8, 4) is 11.1 Å². The van der Waals surface area contributed by atoms with Crippen LogP contribution in [-0.2, 0) is 6.42 Å². The zero-order valence-electron chi connectivity index (χ0n) is 16.0. The average molecular weight is 387 g/mol. The molecule has 0 aliphatic heterocycles. The number of nitrogens with one attached hydrogen (secondary N) is 1. The fourth-order valence-corrected chi connectivity index (χ4v) is 4.18. The molecule has 3 nitrogen and oxygen atoms in total. The van der Waals surface area contributed by atoms with Crippen molar-refractivity contribution in [1.29, 1.82) is 0 Å². The third-order valence-corrected chi connectivity index (χ3v) is 5.67. The maximum Gasteiger partial charge on any atom is 0.257 e. The second kappa shape index (κ2) is 7.95. The van der Waals surface area contributed by atoms with Crippen molar-refractivity contribution in [3.63, 3.8) is 0 Å². The van der Waals surface area contributed by atoms with E-state index in [2.05, 4.69) is 54.5 Å². The zero-order valence-corrected chi connectivity index (χ0v) is 16.8. The molecule has 1 amide bonds. The van der Waals surface area contributed by atoms with Gasteiger partial charge in [-0.3, -0.25) is 10.1 Å². The molecule has 4 rings (SSSR count). The van der Waals surface area contributed by atoms with Gasteiger partial charge in [0.25, 0.3) is 5.91 Å². The van der Waals surface area contributed by atoms with Crippen molar-refractivity contribution in [2.75, 3.05) is 5.32 Å². The van der Waals surface area contributed by atoms with Crippen LogP contribution in [-0.4, -0.2) is 10.9 Å². The molecule has 3 aromatic carbocycles. The normalized spacial score (nSPS) is 10.9. The molecule has 1 N–H and O–H groups in total. The first-order valence-electron chi connectivity index (χ1n) is 9.50. The Morgan fingerprint density at radius 1 is 0.964 bits per heavy atom. The Balaban J connectivity index is 1.48. The first kappa shape index (κ1) is 18.4. The Labute approximate surface area is 169 Å². The van der Waals surface area contributed by atoms with Crippen molar-refractivity contribution >= 4 is 32.6 Å². The van der Waals surface area contributed by atoms with Crippen molar-refractivity contribution < 1.29 is 4.79 Å². The molecule has 0 radical (unpaired) electrons. The summed E-state index contributed by atoms with van der Waals surface area (Å²) in [6.07, 6.45) is 2.25. The first-order chi connectivity index (χ1) is 13.6. The van der Waals surface area contributed by atoms with E-state index in [-0.39, 0.29) is 5.91 Å². The van der Waals surface area contributed by atoms with Gasteiger partial charge < -0.3 is 0 Å². The maximum atomic E-state index is 12.6. The molecule has 0 atom stereocenters. The monoisotopic (exact) mass is 386 g/mol. The van der Waals surface area contributed by atoms with E-state index in [0.717, 1.165) is 34.2 Å². The zero-order chi connectivity index (χ0) is 19.5. The Bertz CT molecular complexity index is 1110. The van der Waals surface area contributed by atoms with Gasteiger partial charge in [0.2, 0.25) is 0 Å². The van der Waals surface area contributed by atoms with E-state index in [1.165, 1.54) is 22.5 Å². The number of amides is 1. The lowest BCUT2D eigenvalue weighted by molar-refractivity contribution is 0.102.